The van der Waals surface area contributed by atoms with E-state index in [0.717, 1.165) is 18.2 Å². The van der Waals surface area contributed by atoms with E-state index >= 15 is 0 Å². The summed E-state index contributed by atoms with van der Waals surface area (Å²) in [5.41, 5.74) is 1.57. The third-order valence-electron chi connectivity index (χ3n) is 3.86. The number of amides is 1. The topological polar surface area (TPSA) is 59.3 Å². The van der Waals surface area contributed by atoms with Crippen LogP contribution in [0.5, 0.6) is 0 Å². The number of para-hydroxylation sites is 1. The summed E-state index contributed by atoms with van der Waals surface area (Å²) in [7, 11) is 0. The largest absolute Gasteiger partial charge is 0.450 e. The Hall–Kier alpha value is -2.88. The Balaban J connectivity index is 2.02. The maximum Gasteiger partial charge on any atom is 0.230 e. The number of carbonyl (C=O) groups is 2. The molecule has 0 aliphatic rings. The van der Waals surface area contributed by atoms with Crippen LogP contribution in [-0.4, -0.2) is 11.7 Å². The summed E-state index contributed by atoms with van der Waals surface area (Å²) < 4.78 is 5.76. The number of nitrogens with one attached hydrogen (secondary N) is 1. The van der Waals surface area contributed by atoms with E-state index < -0.39 is 0 Å². The molecule has 4 nitrogen and oxygen atoms in total. The molecule has 1 aromatic heterocycles. The zero-order valence-corrected chi connectivity index (χ0v) is 13.5. The van der Waals surface area contributed by atoms with Crippen LogP contribution in [0.25, 0.3) is 11.0 Å². The average Bonchev–Trinajstić information content (AvgIpc) is 2.98. The van der Waals surface area contributed by atoms with E-state index in [2.05, 4.69) is 5.32 Å². The third kappa shape index (κ3) is 3.23. The Labute approximate surface area is 140 Å². The highest BCUT2D eigenvalue weighted by Gasteiger charge is 2.22. The second kappa shape index (κ2) is 7.13. The summed E-state index contributed by atoms with van der Waals surface area (Å²) in [5.74, 6) is -0.171. The number of unbranched alkanes of at least 4 members (excludes halogenated alkanes) is 1. The van der Waals surface area contributed by atoms with Gasteiger partial charge in [-0.1, -0.05) is 55.8 Å². The molecule has 122 valence electrons. The molecule has 0 saturated carbocycles. The van der Waals surface area contributed by atoms with Crippen molar-refractivity contribution in [1.82, 2.24) is 0 Å². The van der Waals surface area contributed by atoms with E-state index in [0.29, 0.717) is 23.3 Å². The fraction of sp³-hybridized carbons (Fsp3) is 0.200. The molecule has 4 heteroatoms. The van der Waals surface area contributed by atoms with Crippen LogP contribution in [0.3, 0.4) is 0 Å². The van der Waals surface area contributed by atoms with Crippen molar-refractivity contribution in [2.45, 2.75) is 26.2 Å². The number of fused-ring (bicyclic) bond motifs is 1. The minimum atomic E-state index is -0.238. The molecule has 0 atom stereocenters. The van der Waals surface area contributed by atoms with Gasteiger partial charge in [0, 0.05) is 17.4 Å². The van der Waals surface area contributed by atoms with E-state index in [1.165, 1.54) is 0 Å². The quantitative estimate of drug-likeness (QED) is 0.664. The van der Waals surface area contributed by atoms with Gasteiger partial charge < -0.3 is 9.73 Å². The molecular weight excluding hydrogens is 302 g/mol. The first kappa shape index (κ1) is 16.0. The van der Waals surface area contributed by atoms with Crippen LogP contribution in [0.1, 0.15) is 42.3 Å². The molecule has 0 saturated heterocycles. The number of ketones is 1. The van der Waals surface area contributed by atoms with Crippen LogP contribution in [-0.2, 0) is 4.79 Å². The van der Waals surface area contributed by atoms with E-state index in [1.807, 2.05) is 31.2 Å². The summed E-state index contributed by atoms with van der Waals surface area (Å²) in [5, 5.41) is 3.60. The molecule has 0 radical (unpaired) electrons. The number of hydrogen-bond acceptors (Lipinski definition) is 3. The Kier molecular flexibility index (Phi) is 4.75. The molecule has 3 aromatic rings. The van der Waals surface area contributed by atoms with Crippen molar-refractivity contribution >= 4 is 28.3 Å². The number of furan rings is 1. The number of hydrogen-bond donors (Lipinski definition) is 1. The summed E-state index contributed by atoms with van der Waals surface area (Å²) in [6.45, 7) is 2.03. The van der Waals surface area contributed by atoms with E-state index in [1.54, 1.807) is 30.3 Å². The van der Waals surface area contributed by atoms with Gasteiger partial charge in [-0.15, -0.1) is 0 Å². The predicted molar refractivity (Wildman–Crippen MR) is 94.2 cm³/mol. The molecule has 0 aliphatic carbocycles. The first-order chi connectivity index (χ1) is 11.7. The monoisotopic (exact) mass is 321 g/mol. The SMILES string of the molecule is CCCCC(=O)Nc1c(C(=O)c2ccccc2)oc2ccccc12. The number of benzene rings is 2. The fourth-order valence-electron chi connectivity index (χ4n) is 2.59. The lowest BCUT2D eigenvalue weighted by Crippen LogP contribution is -2.13. The van der Waals surface area contributed by atoms with Crippen LogP contribution >= 0.6 is 0 Å². The van der Waals surface area contributed by atoms with Gasteiger partial charge >= 0.3 is 0 Å². The summed E-state index contributed by atoms with van der Waals surface area (Å²) in [6.07, 6.45) is 2.17. The maximum atomic E-state index is 12.8. The predicted octanol–water partition coefficient (Wildman–Crippen LogP) is 4.79. The van der Waals surface area contributed by atoms with Gasteiger partial charge in [-0.25, -0.2) is 0 Å². The maximum absolute atomic E-state index is 12.8. The minimum absolute atomic E-state index is 0.106. The molecule has 3 rings (SSSR count). The molecular formula is C20H19NO3. The van der Waals surface area contributed by atoms with Crippen molar-refractivity contribution in [2.75, 3.05) is 5.32 Å². The van der Waals surface area contributed by atoms with Crippen molar-refractivity contribution in [3.05, 3.63) is 65.9 Å². The lowest BCUT2D eigenvalue weighted by Gasteiger charge is -2.05. The summed E-state index contributed by atoms with van der Waals surface area (Å²) in [6, 6.07) is 16.3. The van der Waals surface area contributed by atoms with Gasteiger partial charge in [0.1, 0.15) is 5.58 Å². The molecule has 1 N–H and O–H groups in total. The Morgan fingerprint density at radius 2 is 1.71 bits per heavy atom. The molecule has 24 heavy (non-hydrogen) atoms. The first-order valence-corrected chi connectivity index (χ1v) is 8.12. The molecule has 1 amide bonds. The van der Waals surface area contributed by atoms with Gasteiger partial charge in [0.2, 0.25) is 11.7 Å². The Morgan fingerprint density at radius 1 is 1.00 bits per heavy atom. The zero-order chi connectivity index (χ0) is 16.9. The normalized spacial score (nSPS) is 10.7. The molecule has 0 spiro atoms. The standard InChI is InChI=1S/C20H19NO3/c1-2-3-13-17(22)21-18-15-11-7-8-12-16(15)24-20(18)19(23)14-9-5-4-6-10-14/h4-12H,2-3,13H2,1H3,(H,21,22). The molecule has 0 aliphatic heterocycles. The highest BCUT2D eigenvalue weighted by molar-refractivity contribution is 6.17. The number of rotatable bonds is 6. The summed E-state index contributed by atoms with van der Waals surface area (Å²) in [4.78, 5) is 24.9. The van der Waals surface area contributed by atoms with Crippen LogP contribution in [0, 0.1) is 0 Å². The second-order valence-electron chi connectivity index (χ2n) is 5.65. The number of carbonyl (C=O) groups excluding carboxylic acids is 2. The Morgan fingerprint density at radius 3 is 2.46 bits per heavy atom. The smallest absolute Gasteiger partial charge is 0.230 e. The Bertz CT molecular complexity index is 865. The minimum Gasteiger partial charge on any atom is -0.450 e. The highest BCUT2D eigenvalue weighted by Crippen LogP contribution is 2.32. The lowest BCUT2D eigenvalue weighted by atomic mass is 10.1. The lowest BCUT2D eigenvalue weighted by molar-refractivity contribution is -0.116. The van der Waals surface area contributed by atoms with E-state index in [9.17, 15) is 9.59 Å². The van der Waals surface area contributed by atoms with Crippen molar-refractivity contribution in [2.24, 2.45) is 0 Å². The van der Waals surface area contributed by atoms with Gasteiger partial charge in [-0.3, -0.25) is 9.59 Å². The summed E-state index contributed by atoms with van der Waals surface area (Å²) >= 11 is 0. The van der Waals surface area contributed by atoms with Gasteiger partial charge in [0.05, 0.1) is 5.69 Å². The van der Waals surface area contributed by atoms with Gasteiger partial charge in [0.15, 0.2) is 5.76 Å². The highest BCUT2D eigenvalue weighted by atomic mass is 16.3. The van der Waals surface area contributed by atoms with Crippen LogP contribution in [0.2, 0.25) is 0 Å². The molecule has 1 heterocycles. The van der Waals surface area contributed by atoms with Crippen molar-refractivity contribution in [3.8, 4) is 0 Å². The fourth-order valence-corrected chi connectivity index (χ4v) is 2.59. The molecule has 2 aromatic carbocycles. The van der Waals surface area contributed by atoms with E-state index in [-0.39, 0.29) is 17.5 Å². The van der Waals surface area contributed by atoms with Crippen molar-refractivity contribution < 1.29 is 14.0 Å². The van der Waals surface area contributed by atoms with Crippen LogP contribution < -0.4 is 5.32 Å². The van der Waals surface area contributed by atoms with Crippen LogP contribution in [0.15, 0.2) is 59.0 Å². The van der Waals surface area contributed by atoms with Gasteiger partial charge in [-0.2, -0.15) is 0 Å². The van der Waals surface area contributed by atoms with E-state index in [4.69, 9.17) is 4.42 Å². The van der Waals surface area contributed by atoms with Crippen LogP contribution in [0.4, 0.5) is 5.69 Å². The third-order valence-corrected chi connectivity index (χ3v) is 3.86. The molecule has 0 unspecified atom stereocenters. The second-order valence-corrected chi connectivity index (χ2v) is 5.65. The zero-order valence-electron chi connectivity index (χ0n) is 13.5. The average molecular weight is 321 g/mol. The molecule has 0 fully saturated rings. The van der Waals surface area contributed by atoms with Gasteiger partial charge in [0.25, 0.3) is 0 Å². The van der Waals surface area contributed by atoms with Crippen molar-refractivity contribution in [3.63, 3.8) is 0 Å². The molecule has 0 bridgehead atoms. The van der Waals surface area contributed by atoms with Crippen molar-refractivity contribution in [1.29, 1.82) is 0 Å². The first-order valence-electron chi connectivity index (χ1n) is 8.12. The number of anilines is 1. The van der Waals surface area contributed by atoms with Gasteiger partial charge in [-0.05, 0) is 18.6 Å².